The van der Waals surface area contributed by atoms with E-state index < -0.39 is 22.1 Å². The number of aromatic carboxylic acids is 1. The van der Waals surface area contributed by atoms with Gasteiger partial charge in [-0.15, -0.1) is 12.3 Å². The fourth-order valence-corrected chi connectivity index (χ4v) is 1.49. The number of anilines is 1. The number of hydrogen-bond acceptors (Lipinski definition) is 5. The highest BCUT2D eigenvalue weighted by atomic mass is 16.6. The molecule has 7 nitrogen and oxygen atoms in total. The summed E-state index contributed by atoms with van der Waals surface area (Å²) in [6, 6.07) is 1.08. The Morgan fingerprint density at radius 3 is 2.89 bits per heavy atom. The number of terminal acetylenes is 1. The van der Waals surface area contributed by atoms with Gasteiger partial charge in [0.05, 0.1) is 4.92 Å². The molecule has 1 unspecified atom stereocenters. The highest BCUT2D eigenvalue weighted by Gasteiger charge is 2.21. The average molecular weight is 263 g/mol. The highest BCUT2D eigenvalue weighted by molar-refractivity contribution is 5.93. The first-order valence-corrected chi connectivity index (χ1v) is 5.57. The van der Waals surface area contributed by atoms with Crippen molar-refractivity contribution in [3.63, 3.8) is 0 Å². The lowest BCUT2D eigenvalue weighted by atomic mass is 10.1. The topological polar surface area (TPSA) is 105 Å². The van der Waals surface area contributed by atoms with Crippen molar-refractivity contribution >= 4 is 17.5 Å². The van der Waals surface area contributed by atoms with Gasteiger partial charge < -0.3 is 10.4 Å². The van der Waals surface area contributed by atoms with E-state index in [0.717, 1.165) is 18.7 Å². The molecule has 0 aliphatic rings. The lowest BCUT2D eigenvalue weighted by Gasteiger charge is -2.14. The van der Waals surface area contributed by atoms with Crippen molar-refractivity contribution < 1.29 is 14.8 Å². The van der Waals surface area contributed by atoms with E-state index in [1.807, 2.05) is 6.92 Å². The summed E-state index contributed by atoms with van der Waals surface area (Å²) in [4.78, 5) is 24.7. The van der Waals surface area contributed by atoms with Crippen LogP contribution in [0.4, 0.5) is 11.5 Å². The second-order valence-corrected chi connectivity index (χ2v) is 3.81. The van der Waals surface area contributed by atoms with Gasteiger partial charge in [0.1, 0.15) is 17.6 Å². The van der Waals surface area contributed by atoms with Crippen molar-refractivity contribution in [3.05, 3.63) is 27.9 Å². The van der Waals surface area contributed by atoms with Gasteiger partial charge >= 0.3 is 11.7 Å². The summed E-state index contributed by atoms with van der Waals surface area (Å²) in [7, 11) is 0. The lowest BCUT2D eigenvalue weighted by molar-refractivity contribution is -0.385. The smallest absolute Gasteiger partial charge is 0.342 e. The molecule has 19 heavy (non-hydrogen) atoms. The second kappa shape index (κ2) is 6.35. The molecule has 100 valence electrons. The SMILES string of the molecule is C#CCC(CC)Nc1cc(C(=O)O)c([N+](=O)[O-])cn1. The third-order valence-electron chi connectivity index (χ3n) is 2.52. The molecule has 0 saturated carbocycles. The number of carboxylic acids is 1. The predicted molar refractivity (Wildman–Crippen MR) is 69.0 cm³/mol. The molecule has 1 aromatic rings. The van der Waals surface area contributed by atoms with Crippen LogP contribution < -0.4 is 5.32 Å². The average Bonchev–Trinajstić information content (AvgIpc) is 2.37. The van der Waals surface area contributed by atoms with Crippen molar-refractivity contribution in [2.45, 2.75) is 25.8 Å². The third kappa shape index (κ3) is 3.67. The Morgan fingerprint density at radius 1 is 1.74 bits per heavy atom. The van der Waals surface area contributed by atoms with Crippen LogP contribution in [0.15, 0.2) is 12.3 Å². The lowest BCUT2D eigenvalue weighted by Crippen LogP contribution is -2.19. The zero-order valence-corrected chi connectivity index (χ0v) is 10.3. The summed E-state index contributed by atoms with van der Waals surface area (Å²) < 4.78 is 0. The van der Waals surface area contributed by atoms with Gasteiger partial charge in [-0.1, -0.05) is 6.92 Å². The minimum atomic E-state index is -1.37. The van der Waals surface area contributed by atoms with Gasteiger partial charge in [-0.25, -0.2) is 9.78 Å². The number of rotatable bonds is 6. The number of nitro groups is 1. The van der Waals surface area contributed by atoms with Gasteiger partial charge in [-0.05, 0) is 6.42 Å². The Hall–Kier alpha value is -2.62. The maximum Gasteiger partial charge on any atom is 0.342 e. The molecule has 1 rings (SSSR count). The summed E-state index contributed by atoms with van der Waals surface area (Å²) in [6.45, 7) is 1.92. The van der Waals surface area contributed by atoms with E-state index in [1.54, 1.807) is 0 Å². The van der Waals surface area contributed by atoms with E-state index in [9.17, 15) is 14.9 Å². The molecule has 2 N–H and O–H groups in total. The second-order valence-electron chi connectivity index (χ2n) is 3.81. The van der Waals surface area contributed by atoms with Crippen LogP contribution in [-0.4, -0.2) is 27.0 Å². The first-order chi connectivity index (χ1) is 8.99. The quantitative estimate of drug-likeness (QED) is 0.461. The summed E-state index contributed by atoms with van der Waals surface area (Å²) >= 11 is 0. The molecule has 1 atom stereocenters. The molecule has 0 spiro atoms. The Balaban J connectivity index is 3.05. The molecule has 0 aliphatic carbocycles. The summed E-state index contributed by atoms with van der Waals surface area (Å²) in [5.41, 5.74) is -0.943. The molecule has 0 aromatic carbocycles. The molecule has 0 bridgehead atoms. The monoisotopic (exact) mass is 263 g/mol. The van der Waals surface area contributed by atoms with Gasteiger partial charge in [-0.2, -0.15) is 0 Å². The van der Waals surface area contributed by atoms with Crippen molar-refractivity contribution in [2.24, 2.45) is 0 Å². The molecule has 0 radical (unpaired) electrons. The highest BCUT2D eigenvalue weighted by Crippen LogP contribution is 2.21. The fraction of sp³-hybridized carbons (Fsp3) is 0.333. The van der Waals surface area contributed by atoms with Crippen molar-refractivity contribution in [2.75, 3.05) is 5.32 Å². The maximum absolute atomic E-state index is 11.0. The Kier molecular flexibility index (Phi) is 4.83. The Bertz CT molecular complexity index is 536. The number of nitrogens with zero attached hydrogens (tertiary/aromatic N) is 2. The van der Waals surface area contributed by atoms with E-state index in [0.29, 0.717) is 6.42 Å². The van der Waals surface area contributed by atoms with Crippen molar-refractivity contribution in [1.29, 1.82) is 0 Å². The first-order valence-electron chi connectivity index (χ1n) is 5.57. The molecular formula is C12H13N3O4. The molecule has 0 fully saturated rings. The van der Waals surface area contributed by atoms with E-state index in [4.69, 9.17) is 11.5 Å². The van der Waals surface area contributed by atoms with E-state index in [2.05, 4.69) is 16.2 Å². The van der Waals surface area contributed by atoms with Crippen LogP contribution in [0.1, 0.15) is 30.1 Å². The zero-order chi connectivity index (χ0) is 14.4. The van der Waals surface area contributed by atoms with E-state index in [1.165, 1.54) is 0 Å². The van der Waals surface area contributed by atoms with Gasteiger partial charge in [0.15, 0.2) is 0 Å². The molecule has 7 heteroatoms. The van der Waals surface area contributed by atoms with Crippen LogP contribution in [0, 0.1) is 22.5 Å². The molecule has 0 amide bonds. The third-order valence-corrected chi connectivity index (χ3v) is 2.52. The largest absolute Gasteiger partial charge is 0.477 e. The summed E-state index contributed by atoms with van der Waals surface area (Å²) in [6.07, 6.45) is 7.32. The molecule has 0 aliphatic heterocycles. The van der Waals surface area contributed by atoms with Crippen molar-refractivity contribution in [3.8, 4) is 12.3 Å². The number of carboxylic acid groups (broad SMARTS) is 1. The molecular weight excluding hydrogens is 250 g/mol. The fourth-order valence-electron chi connectivity index (χ4n) is 1.49. The normalized spacial score (nSPS) is 11.4. The number of pyridine rings is 1. The van der Waals surface area contributed by atoms with Gasteiger partial charge in [0.25, 0.3) is 0 Å². The Labute approximate surface area is 109 Å². The molecule has 1 heterocycles. The minimum absolute atomic E-state index is 0.0550. The molecule has 1 aromatic heterocycles. The van der Waals surface area contributed by atoms with Crippen LogP contribution in [-0.2, 0) is 0 Å². The number of carbonyl (C=O) groups is 1. The van der Waals surface area contributed by atoms with Crippen LogP contribution in [0.5, 0.6) is 0 Å². The van der Waals surface area contributed by atoms with Crippen molar-refractivity contribution in [1.82, 2.24) is 4.98 Å². The first kappa shape index (κ1) is 14.4. The van der Waals surface area contributed by atoms with Gasteiger partial charge in [-0.3, -0.25) is 10.1 Å². The van der Waals surface area contributed by atoms with Crippen LogP contribution in [0.3, 0.4) is 0 Å². The minimum Gasteiger partial charge on any atom is -0.477 e. The maximum atomic E-state index is 11.0. The molecule has 0 saturated heterocycles. The van der Waals surface area contributed by atoms with Crippen LogP contribution in [0.25, 0.3) is 0 Å². The number of nitrogens with one attached hydrogen (secondary N) is 1. The van der Waals surface area contributed by atoms with E-state index >= 15 is 0 Å². The van der Waals surface area contributed by atoms with E-state index in [-0.39, 0.29) is 11.9 Å². The zero-order valence-electron chi connectivity index (χ0n) is 10.3. The van der Waals surface area contributed by atoms with Gasteiger partial charge in [0.2, 0.25) is 0 Å². The summed E-state index contributed by atoms with van der Waals surface area (Å²) in [5.74, 6) is 1.37. The van der Waals surface area contributed by atoms with Crippen LogP contribution >= 0.6 is 0 Å². The number of aromatic nitrogens is 1. The predicted octanol–water partition coefficient (Wildman–Crippen LogP) is 1.90. The number of hydrogen-bond donors (Lipinski definition) is 2. The Morgan fingerprint density at radius 2 is 2.42 bits per heavy atom. The van der Waals surface area contributed by atoms with Crippen LogP contribution in [0.2, 0.25) is 0 Å². The van der Waals surface area contributed by atoms with Gasteiger partial charge in [0, 0.05) is 18.5 Å². The standard InChI is InChI=1S/C12H13N3O4/c1-3-5-8(4-2)14-11-6-9(12(16)17)10(7-13-11)15(18)19/h1,6-8H,4-5H2,2H3,(H,13,14)(H,16,17). The summed E-state index contributed by atoms with van der Waals surface area (Å²) in [5, 5.41) is 22.6.